The molecule has 15 heteroatoms. The first kappa shape index (κ1) is 45.8. The predicted molar refractivity (Wildman–Crippen MR) is 250 cm³/mol. The van der Waals surface area contributed by atoms with Crippen LogP contribution < -0.4 is 29.6 Å². The molecule has 0 radical (unpaired) electrons. The van der Waals surface area contributed by atoms with Crippen LogP contribution in [0.5, 0.6) is 17.2 Å². The Morgan fingerprint density at radius 2 is 1.59 bits per heavy atom. The highest BCUT2D eigenvalue weighted by atomic mass is 32.2. The van der Waals surface area contributed by atoms with Gasteiger partial charge in [0.15, 0.2) is 0 Å². The van der Waals surface area contributed by atoms with Gasteiger partial charge in [0.1, 0.15) is 41.0 Å². The van der Waals surface area contributed by atoms with Crippen molar-refractivity contribution in [2.45, 2.75) is 88.3 Å². The van der Waals surface area contributed by atoms with Gasteiger partial charge in [-0.1, -0.05) is 105 Å². The van der Waals surface area contributed by atoms with Crippen LogP contribution >= 0.6 is 0 Å². The molecule has 3 fully saturated rings. The Labute approximate surface area is 385 Å². The van der Waals surface area contributed by atoms with Gasteiger partial charge >= 0.3 is 6.09 Å². The summed E-state index contributed by atoms with van der Waals surface area (Å²) in [7, 11) is -2.62. The molecule has 4 aromatic carbocycles. The Morgan fingerprint density at radius 1 is 0.924 bits per heavy atom. The molecule has 2 aliphatic carbocycles. The minimum Gasteiger partial charge on any atom is -0.497 e. The van der Waals surface area contributed by atoms with Crippen LogP contribution in [0.1, 0.15) is 57.6 Å². The van der Waals surface area contributed by atoms with E-state index in [1.54, 1.807) is 64.3 Å². The van der Waals surface area contributed by atoms with Crippen molar-refractivity contribution < 1.29 is 41.8 Å². The van der Waals surface area contributed by atoms with Crippen molar-refractivity contribution in [1.29, 1.82) is 0 Å². The maximum atomic E-state index is 15.0. The van der Waals surface area contributed by atoms with Crippen LogP contribution in [0.25, 0.3) is 22.2 Å². The molecule has 1 saturated heterocycles. The summed E-state index contributed by atoms with van der Waals surface area (Å²) < 4.78 is 46.9. The monoisotopic (exact) mass is 913 g/mol. The van der Waals surface area contributed by atoms with Crippen LogP contribution in [0.3, 0.4) is 0 Å². The quantitative estimate of drug-likeness (QED) is 0.0921. The lowest BCUT2D eigenvalue weighted by molar-refractivity contribution is -0.142. The molecule has 344 valence electrons. The van der Waals surface area contributed by atoms with Gasteiger partial charge in [-0.3, -0.25) is 19.1 Å². The number of pyridine rings is 1. The smallest absolute Gasteiger partial charge is 0.413 e. The van der Waals surface area contributed by atoms with E-state index < -0.39 is 73.6 Å². The van der Waals surface area contributed by atoms with E-state index in [2.05, 4.69) is 21.9 Å². The van der Waals surface area contributed by atoms with Crippen molar-refractivity contribution in [1.82, 2.24) is 25.2 Å². The number of carbonyl (C=O) groups excluding carboxylic acids is 4. The van der Waals surface area contributed by atoms with Crippen LogP contribution in [0, 0.1) is 18.3 Å². The van der Waals surface area contributed by atoms with E-state index in [4.69, 9.17) is 19.2 Å². The van der Waals surface area contributed by atoms with Crippen LogP contribution in [0.2, 0.25) is 0 Å². The van der Waals surface area contributed by atoms with Gasteiger partial charge in [-0.15, -0.1) is 6.58 Å². The zero-order valence-electron chi connectivity index (χ0n) is 37.7. The van der Waals surface area contributed by atoms with E-state index in [-0.39, 0.29) is 31.6 Å². The van der Waals surface area contributed by atoms with E-state index in [0.717, 1.165) is 16.7 Å². The molecule has 2 saturated carbocycles. The number of carbonyl (C=O) groups is 4. The van der Waals surface area contributed by atoms with Crippen molar-refractivity contribution in [2.24, 2.45) is 11.3 Å². The third-order valence-corrected chi connectivity index (χ3v) is 15.0. The first-order chi connectivity index (χ1) is 31.4. The molecule has 2 heterocycles. The molecule has 14 nitrogen and oxygen atoms in total. The fourth-order valence-corrected chi connectivity index (χ4v) is 10.3. The number of aryl methyl sites for hydroxylation is 1. The molecule has 3 aliphatic rings. The number of benzene rings is 4. The molecule has 5 atom stereocenters. The number of rotatable bonds is 15. The largest absolute Gasteiger partial charge is 0.497 e. The van der Waals surface area contributed by atoms with Crippen LogP contribution in [0.4, 0.5) is 4.79 Å². The molecular formula is C51H55N5O9S. The molecule has 3 N–H and O–H groups in total. The Hall–Kier alpha value is -6.74. The summed E-state index contributed by atoms with van der Waals surface area (Å²) in [6.45, 7) is 11.0. The first-order valence-electron chi connectivity index (χ1n) is 22.1. The number of ether oxygens (including phenoxy) is 3. The fraction of sp³-hybridized carbons (Fsp3) is 0.353. The summed E-state index contributed by atoms with van der Waals surface area (Å²) in [6, 6.07) is 30.5. The Kier molecular flexibility index (Phi) is 12.4. The maximum absolute atomic E-state index is 15.0. The second kappa shape index (κ2) is 17.9. The number of hydrogen-bond donors (Lipinski definition) is 3. The van der Waals surface area contributed by atoms with Crippen molar-refractivity contribution in [3.63, 3.8) is 0 Å². The number of methoxy groups -OCH3 is 1. The summed E-state index contributed by atoms with van der Waals surface area (Å²) >= 11 is 0. The Balaban J connectivity index is 1.10. The van der Waals surface area contributed by atoms with Crippen LogP contribution in [-0.2, 0) is 30.8 Å². The summed E-state index contributed by atoms with van der Waals surface area (Å²) in [4.78, 5) is 63.7. The number of nitrogens with one attached hydrogen (secondary N) is 3. The summed E-state index contributed by atoms with van der Waals surface area (Å²) in [5, 5.41) is 6.30. The zero-order chi connectivity index (χ0) is 47.0. The van der Waals surface area contributed by atoms with Gasteiger partial charge < -0.3 is 29.7 Å². The normalized spacial score (nSPS) is 21.2. The van der Waals surface area contributed by atoms with E-state index in [1.165, 1.54) is 11.0 Å². The van der Waals surface area contributed by atoms with Crippen LogP contribution in [-0.4, -0.2) is 84.2 Å². The first-order valence-corrected chi connectivity index (χ1v) is 23.5. The minimum atomic E-state index is -4.19. The molecule has 5 unspecified atom stereocenters. The number of likely N-dealkylation sites (tertiary alicyclic amines) is 1. The van der Waals surface area contributed by atoms with E-state index in [9.17, 15) is 27.6 Å². The Bertz CT molecular complexity index is 2780. The fourth-order valence-electron chi connectivity index (χ4n) is 8.69. The lowest BCUT2D eigenvalue weighted by Gasteiger charge is -2.35. The van der Waals surface area contributed by atoms with E-state index >= 15 is 0 Å². The average molecular weight is 914 g/mol. The number of hydrogen-bond acceptors (Lipinski definition) is 10. The van der Waals surface area contributed by atoms with Gasteiger partial charge in [0.25, 0.3) is 5.91 Å². The summed E-state index contributed by atoms with van der Waals surface area (Å²) in [5.74, 6) is -1.42. The van der Waals surface area contributed by atoms with Crippen molar-refractivity contribution in [3.8, 4) is 28.5 Å². The summed E-state index contributed by atoms with van der Waals surface area (Å²) in [6.07, 6.45) is 0.952. The van der Waals surface area contributed by atoms with Crippen molar-refractivity contribution in [2.75, 3.05) is 13.7 Å². The zero-order valence-corrected chi connectivity index (χ0v) is 38.5. The van der Waals surface area contributed by atoms with Gasteiger partial charge in [0, 0.05) is 35.4 Å². The van der Waals surface area contributed by atoms with Crippen molar-refractivity contribution in [3.05, 3.63) is 133 Å². The van der Waals surface area contributed by atoms with E-state index in [0.29, 0.717) is 40.9 Å². The maximum Gasteiger partial charge on any atom is 0.413 e. The lowest BCUT2D eigenvalue weighted by Crippen LogP contribution is -2.60. The molecule has 0 spiro atoms. The number of amides is 4. The number of nitrogens with zero attached hydrogens (tertiary/aromatic N) is 2. The van der Waals surface area contributed by atoms with Gasteiger partial charge in [0.2, 0.25) is 21.8 Å². The second-order valence-corrected chi connectivity index (χ2v) is 20.7. The highest BCUT2D eigenvalue weighted by Gasteiger charge is 2.63. The molecule has 8 rings (SSSR count). The van der Waals surface area contributed by atoms with Crippen LogP contribution in [0.15, 0.2) is 122 Å². The summed E-state index contributed by atoms with van der Waals surface area (Å²) in [5.41, 5.74) is 1.33. The molecule has 4 amide bonds. The van der Waals surface area contributed by atoms with Gasteiger partial charge in [-0.25, -0.2) is 18.2 Å². The lowest BCUT2D eigenvalue weighted by atomic mass is 9.85. The topological polar surface area (TPSA) is 182 Å². The number of sulfonamides is 1. The molecule has 1 aliphatic heterocycles. The standard InChI is InChI=1S/C51H55N5O9S/c1-7-35-30-51(35,47(59)55-66(61,62)50(24-25-50)29-33-14-10-8-11-15-33)54-45(57)42-27-38(31-56(42)46(58)44(49(3,4)5)53-48(60)65-36-20-18-32(2)19-21-36)64-43-28-40(34-16-12-9-13-17-34)52-41-26-37(63-6)22-23-39(41)43/h7-23,26,28,35,38,42,44H,1,24-25,27,29-31H2,2-6H3,(H,53,60)(H,54,57)(H,55,59). The average Bonchev–Trinajstić information content (AvgIpc) is 4.20. The van der Waals surface area contributed by atoms with Gasteiger partial charge in [-0.2, -0.15) is 0 Å². The third-order valence-electron chi connectivity index (χ3n) is 12.8. The number of aromatic nitrogens is 1. The molecule has 66 heavy (non-hydrogen) atoms. The second-order valence-electron chi connectivity index (χ2n) is 18.7. The molecule has 0 bridgehead atoms. The number of fused-ring (bicyclic) bond motifs is 1. The highest BCUT2D eigenvalue weighted by molar-refractivity contribution is 7.91. The minimum absolute atomic E-state index is 0.0160. The molecule has 1 aromatic heterocycles. The van der Waals surface area contributed by atoms with Crippen molar-refractivity contribution >= 4 is 44.7 Å². The SMILES string of the molecule is C=CC1CC1(NC(=O)C1CC(Oc2cc(-c3ccccc3)nc3cc(OC)ccc23)CN1C(=O)C(NC(=O)Oc1ccc(C)cc1)C(C)(C)C)C(=O)NS(=O)(=O)C1(Cc2ccccc2)CC1. The van der Waals surface area contributed by atoms with Gasteiger partial charge in [0.05, 0.1) is 29.6 Å². The highest BCUT2D eigenvalue weighted by Crippen LogP contribution is 2.49. The Morgan fingerprint density at radius 3 is 2.21 bits per heavy atom. The van der Waals surface area contributed by atoms with Gasteiger partial charge in [-0.05, 0) is 67.9 Å². The third kappa shape index (κ3) is 9.48. The molecule has 5 aromatic rings. The van der Waals surface area contributed by atoms with E-state index in [1.807, 2.05) is 79.7 Å². The molecular weight excluding hydrogens is 859 g/mol. The predicted octanol–water partition coefficient (Wildman–Crippen LogP) is 7.05.